The van der Waals surface area contributed by atoms with Gasteiger partial charge in [0.1, 0.15) is 0 Å². The van der Waals surface area contributed by atoms with Crippen LogP contribution in [-0.4, -0.2) is 35.3 Å². The van der Waals surface area contributed by atoms with Crippen molar-refractivity contribution in [2.24, 2.45) is 0 Å². The Kier molecular flexibility index (Phi) is 5.45. The van der Waals surface area contributed by atoms with Gasteiger partial charge >= 0.3 is 0 Å². The summed E-state index contributed by atoms with van der Waals surface area (Å²) in [5.74, 6) is 1.43. The number of benzene rings is 2. The van der Waals surface area contributed by atoms with Gasteiger partial charge in [-0.25, -0.2) is 0 Å². The Morgan fingerprint density at radius 3 is 2.48 bits per heavy atom. The van der Waals surface area contributed by atoms with Crippen LogP contribution in [0.2, 0.25) is 0 Å². The lowest BCUT2D eigenvalue weighted by Gasteiger charge is -2.39. The van der Waals surface area contributed by atoms with Crippen molar-refractivity contribution >= 4 is 23.0 Å². The molecule has 1 aromatic heterocycles. The third-order valence-electron chi connectivity index (χ3n) is 5.33. The van der Waals surface area contributed by atoms with E-state index < -0.39 is 0 Å². The van der Waals surface area contributed by atoms with Gasteiger partial charge in [0.05, 0.1) is 20.3 Å². The molecule has 1 aliphatic rings. The molecule has 6 heteroatoms. The molecule has 1 aliphatic heterocycles. The fourth-order valence-corrected chi connectivity index (χ4v) is 4.12. The van der Waals surface area contributed by atoms with Gasteiger partial charge in [-0.15, -0.1) is 0 Å². The molecule has 150 valence electrons. The van der Waals surface area contributed by atoms with Crippen LogP contribution in [0.5, 0.6) is 11.5 Å². The van der Waals surface area contributed by atoms with Gasteiger partial charge in [0.2, 0.25) is 0 Å². The molecule has 2 heterocycles. The predicted molar refractivity (Wildman–Crippen MR) is 120 cm³/mol. The van der Waals surface area contributed by atoms with E-state index >= 15 is 0 Å². The van der Waals surface area contributed by atoms with E-state index in [0.29, 0.717) is 16.6 Å². The Labute approximate surface area is 176 Å². The highest BCUT2D eigenvalue weighted by atomic mass is 32.1. The molecule has 0 bridgehead atoms. The molecular formula is C23H25N3O2S. The van der Waals surface area contributed by atoms with Crippen LogP contribution in [0.1, 0.15) is 22.9 Å². The monoisotopic (exact) mass is 407 g/mol. The number of rotatable bonds is 4. The number of methoxy groups -OCH3 is 2. The summed E-state index contributed by atoms with van der Waals surface area (Å²) in [5.41, 5.74) is 4.53. The maximum Gasteiger partial charge on any atom is 0.174 e. The van der Waals surface area contributed by atoms with Gasteiger partial charge < -0.3 is 24.3 Å². The van der Waals surface area contributed by atoms with Crippen molar-refractivity contribution in [2.45, 2.75) is 19.5 Å². The summed E-state index contributed by atoms with van der Waals surface area (Å²) < 4.78 is 13.2. The summed E-state index contributed by atoms with van der Waals surface area (Å²) >= 11 is 5.83. The highest BCUT2D eigenvalue weighted by molar-refractivity contribution is 7.80. The second-order valence-electron chi connectivity index (χ2n) is 7.13. The highest BCUT2D eigenvalue weighted by Crippen LogP contribution is 2.37. The van der Waals surface area contributed by atoms with E-state index in [9.17, 15) is 0 Å². The van der Waals surface area contributed by atoms with Crippen LogP contribution in [0.15, 0.2) is 60.8 Å². The lowest BCUT2D eigenvalue weighted by atomic mass is 9.99. The first kappa shape index (κ1) is 19.3. The van der Waals surface area contributed by atoms with Gasteiger partial charge in [-0.1, -0.05) is 23.8 Å². The van der Waals surface area contributed by atoms with Gasteiger partial charge in [-0.2, -0.15) is 0 Å². The number of thiocarbonyl (C=S) groups is 1. The number of nitrogens with zero attached hydrogens (tertiary/aromatic N) is 2. The zero-order valence-corrected chi connectivity index (χ0v) is 17.7. The third-order valence-corrected chi connectivity index (χ3v) is 5.66. The van der Waals surface area contributed by atoms with Gasteiger partial charge in [0, 0.05) is 30.7 Å². The zero-order chi connectivity index (χ0) is 20.4. The average Bonchev–Trinajstić information content (AvgIpc) is 3.23. The first-order valence-corrected chi connectivity index (χ1v) is 10.0. The molecule has 0 saturated carbocycles. The number of ether oxygens (including phenoxy) is 2. The van der Waals surface area contributed by atoms with Crippen molar-refractivity contribution in [1.82, 2.24) is 9.47 Å². The van der Waals surface area contributed by atoms with E-state index in [1.165, 1.54) is 11.3 Å². The van der Waals surface area contributed by atoms with Crippen LogP contribution >= 0.6 is 12.2 Å². The second-order valence-corrected chi connectivity index (χ2v) is 7.52. The lowest BCUT2D eigenvalue weighted by Crippen LogP contribution is -2.44. The molecule has 1 atom stereocenters. The summed E-state index contributed by atoms with van der Waals surface area (Å²) in [6.45, 7) is 3.79. The van der Waals surface area contributed by atoms with E-state index in [2.05, 4.69) is 70.4 Å². The van der Waals surface area contributed by atoms with Crippen molar-refractivity contribution in [3.8, 4) is 11.5 Å². The number of aromatic nitrogens is 1. The number of hydrogen-bond donors (Lipinski definition) is 1. The Morgan fingerprint density at radius 1 is 1.00 bits per heavy atom. The summed E-state index contributed by atoms with van der Waals surface area (Å²) in [7, 11) is 3.31. The van der Waals surface area contributed by atoms with Crippen LogP contribution < -0.4 is 14.8 Å². The van der Waals surface area contributed by atoms with Crippen LogP contribution in [-0.2, 0) is 6.54 Å². The first-order valence-electron chi connectivity index (χ1n) is 9.62. The molecule has 1 unspecified atom stereocenters. The van der Waals surface area contributed by atoms with Crippen molar-refractivity contribution in [3.05, 3.63) is 77.6 Å². The number of hydrogen-bond acceptors (Lipinski definition) is 3. The van der Waals surface area contributed by atoms with Crippen molar-refractivity contribution in [1.29, 1.82) is 0 Å². The van der Waals surface area contributed by atoms with Gasteiger partial charge in [-0.05, 0) is 61.1 Å². The molecule has 0 spiro atoms. The summed E-state index contributed by atoms with van der Waals surface area (Å²) in [5, 5.41) is 4.11. The molecule has 0 fully saturated rings. The maximum atomic E-state index is 5.83. The fraction of sp³-hybridized carbons (Fsp3) is 0.261. The van der Waals surface area contributed by atoms with E-state index in [1.807, 2.05) is 12.1 Å². The minimum atomic E-state index is -0.0102. The van der Waals surface area contributed by atoms with Crippen molar-refractivity contribution in [2.75, 3.05) is 26.1 Å². The summed E-state index contributed by atoms with van der Waals surface area (Å²) in [6.07, 6.45) is 2.12. The predicted octanol–water partition coefficient (Wildman–Crippen LogP) is 4.62. The molecule has 5 nitrogen and oxygen atoms in total. The normalized spacial score (nSPS) is 15.6. The largest absolute Gasteiger partial charge is 0.493 e. The Balaban J connectivity index is 1.69. The number of fused-ring (bicyclic) bond motifs is 1. The minimum absolute atomic E-state index is 0.0102. The van der Waals surface area contributed by atoms with Crippen LogP contribution in [0.25, 0.3) is 0 Å². The topological polar surface area (TPSA) is 38.7 Å². The van der Waals surface area contributed by atoms with Crippen LogP contribution in [0.3, 0.4) is 0 Å². The zero-order valence-electron chi connectivity index (χ0n) is 16.9. The van der Waals surface area contributed by atoms with E-state index in [1.54, 1.807) is 14.2 Å². The van der Waals surface area contributed by atoms with Crippen LogP contribution in [0.4, 0.5) is 5.69 Å². The minimum Gasteiger partial charge on any atom is -0.493 e. The van der Waals surface area contributed by atoms with E-state index in [-0.39, 0.29) is 6.04 Å². The molecule has 0 aliphatic carbocycles. The third kappa shape index (κ3) is 3.80. The van der Waals surface area contributed by atoms with Crippen LogP contribution in [0, 0.1) is 6.92 Å². The molecule has 0 amide bonds. The number of nitrogens with one attached hydrogen (secondary N) is 1. The molecular weight excluding hydrogens is 382 g/mol. The molecule has 4 rings (SSSR count). The van der Waals surface area contributed by atoms with Gasteiger partial charge in [0.25, 0.3) is 0 Å². The Morgan fingerprint density at radius 2 is 1.76 bits per heavy atom. The molecule has 1 N–H and O–H groups in total. The SMILES string of the molecule is COc1ccc(C2c3cccn3CCN2C(=S)Nc2ccc(C)cc2)cc1OC. The molecule has 3 aromatic rings. The summed E-state index contributed by atoms with van der Waals surface area (Å²) in [6, 6.07) is 18.6. The smallest absolute Gasteiger partial charge is 0.174 e. The quantitative estimate of drug-likeness (QED) is 0.639. The summed E-state index contributed by atoms with van der Waals surface area (Å²) in [4.78, 5) is 2.24. The molecule has 0 radical (unpaired) electrons. The van der Waals surface area contributed by atoms with E-state index in [0.717, 1.165) is 24.3 Å². The standard InChI is InChI=1S/C23H25N3O2S/c1-16-6-9-18(10-7-16)24-23(29)26-14-13-25-12-4-5-19(25)22(26)17-8-11-20(27-2)21(15-17)28-3/h4-12,15,22H,13-14H2,1-3H3,(H,24,29). The van der Waals surface area contributed by atoms with E-state index in [4.69, 9.17) is 21.7 Å². The average molecular weight is 408 g/mol. The Bertz CT molecular complexity index is 1010. The molecule has 29 heavy (non-hydrogen) atoms. The maximum absolute atomic E-state index is 5.83. The Hall–Kier alpha value is -2.99. The van der Waals surface area contributed by atoms with Gasteiger partial charge in [0.15, 0.2) is 16.6 Å². The van der Waals surface area contributed by atoms with Crippen molar-refractivity contribution in [3.63, 3.8) is 0 Å². The molecule has 0 saturated heterocycles. The first-order chi connectivity index (χ1) is 14.1. The molecule has 2 aromatic carbocycles. The fourth-order valence-electron chi connectivity index (χ4n) is 3.81. The lowest BCUT2D eigenvalue weighted by molar-refractivity contribution is 0.291. The van der Waals surface area contributed by atoms with Crippen molar-refractivity contribution < 1.29 is 9.47 Å². The highest BCUT2D eigenvalue weighted by Gasteiger charge is 2.31. The van der Waals surface area contributed by atoms with Gasteiger partial charge in [-0.3, -0.25) is 0 Å². The second kappa shape index (κ2) is 8.17. The number of anilines is 1. The number of aryl methyl sites for hydroxylation is 1.